The smallest absolute Gasteiger partial charge is 0.240 e. The summed E-state index contributed by atoms with van der Waals surface area (Å²) in [6.45, 7) is 3.15. The first-order valence-electron chi connectivity index (χ1n) is 7.65. The first kappa shape index (κ1) is 20.2. The molecule has 0 spiro atoms. The second-order valence-electron chi connectivity index (χ2n) is 5.58. The number of anilines is 1. The standard InChI is InChI=1S/C16H23N3O4.ClH/c1-12(20)19-13-3-2-4-14(11-13)23-10-7-18-15(21)16(17)5-8-22-9-6-16;/h2-4,11H,5-10,17H2,1H3,(H,18,21)(H,19,20);1H. The number of amides is 2. The number of nitrogens with one attached hydrogen (secondary N) is 2. The number of ether oxygens (including phenoxy) is 2. The Hall–Kier alpha value is -1.83. The lowest BCUT2D eigenvalue weighted by Gasteiger charge is -2.31. The predicted molar refractivity (Wildman–Crippen MR) is 93.5 cm³/mol. The number of carbonyl (C=O) groups excluding carboxylic acids is 2. The van der Waals surface area contributed by atoms with Gasteiger partial charge in [0.15, 0.2) is 0 Å². The van der Waals surface area contributed by atoms with Gasteiger partial charge in [0, 0.05) is 31.9 Å². The number of nitrogens with two attached hydrogens (primary N) is 1. The van der Waals surface area contributed by atoms with E-state index in [1.54, 1.807) is 24.3 Å². The maximum atomic E-state index is 12.1. The molecule has 0 radical (unpaired) electrons. The molecule has 0 atom stereocenters. The number of hydrogen-bond donors (Lipinski definition) is 3. The van der Waals surface area contributed by atoms with Crippen LogP contribution in [0, 0.1) is 0 Å². The zero-order valence-corrected chi connectivity index (χ0v) is 14.5. The van der Waals surface area contributed by atoms with Crippen LogP contribution >= 0.6 is 12.4 Å². The van der Waals surface area contributed by atoms with E-state index in [2.05, 4.69) is 10.6 Å². The lowest BCUT2D eigenvalue weighted by molar-refractivity contribution is -0.129. The monoisotopic (exact) mass is 357 g/mol. The van der Waals surface area contributed by atoms with Crippen LogP contribution in [0.4, 0.5) is 5.69 Å². The number of benzene rings is 1. The summed E-state index contributed by atoms with van der Waals surface area (Å²) in [5.74, 6) is 0.314. The molecule has 0 bridgehead atoms. The van der Waals surface area contributed by atoms with Crippen molar-refractivity contribution in [2.45, 2.75) is 25.3 Å². The van der Waals surface area contributed by atoms with Crippen LogP contribution in [0.5, 0.6) is 5.75 Å². The molecule has 0 aliphatic carbocycles. The fourth-order valence-corrected chi connectivity index (χ4v) is 2.34. The summed E-state index contributed by atoms with van der Waals surface area (Å²) in [4.78, 5) is 23.1. The zero-order valence-electron chi connectivity index (χ0n) is 13.7. The topological polar surface area (TPSA) is 103 Å². The highest BCUT2D eigenvalue weighted by Gasteiger charge is 2.35. The van der Waals surface area contributed by atoms with Crippen molar-refractivity contribution in [3.05, 3.63) is 24.3 Å². The Morgan fingerprint density at radius 1 is 1.33 bits per heavy atom. The minimum absolute atomic E-state index is 0. The van der Waals surface area contributed by atoms with Gasteiger partial charge in [-0.15, -0.1) is 12.4 Å². The fraction of sp³-hybridized carbons (Fsp3) is 0.500. The van der Waals surface area contributed by atoms with Gasteiger partial charge in [-0.2, -0.15) is 0 Å². The SMILES string of the molecule is CC(=O)Nc1cccc(OCCNC(=O)C2(N)CCOCC2)c1.Cl. The van der Waals surface area contributed by atoms with Crippen LogP contribution in [0.25, 0.3) is 0 Å². The van der Waals surface area contributed by atoms with Crippen molar-refractivity contribution >= 4 is 29.9 Å². The minimum Gasteiger partial charge on any atom is -0.492 e. The van der Waals surface area contributed by atoms with Crippen molar-refractivity contribution < 1.29 is 19.1 Å². The molecule has 1 saturated heterocycles. The van der Waals surface area contributed by atoms with Gasteiger partial charge in [0.2, 0.25) is 11.8 Å². The second-order valence-corrected chi connectivity index (χ2v) is 5.58. The molecule has 134 valence electrons. The van der Waals surface area contributed by atoms with Crippen LogP contribution in [-0.2, 0) is 14.3 Å². The summed E-state index contributed by atoms with van der Waals surface area (Å²) in [5, 5.41) is 5.48. The van der Waals surface area contributed by atoms with E-state index in [4.69, 9.17) is 15.2 Å². The highest BCUT2D eigenvalue weighted by atomic mass is 35.5. The maximum Gasteiger partial charge on any atom is 0.240 e. The molecule has 8 heteroatoms. The third kappa shape index (κ3) is 5.99. The molecular formula is C16H24ClN3O4. The van der Waals surface area contributed by atoms with E-state index in [1.807, 2.05) is 0 Å². The minimum atomic E-state index is -0.844. The Balaban J connectivity index is 0.00000288. The van der Waals surface area contributed by atoms with Crippen LogP contribution in [0.3, 0.4) is 0 Å². The summed E-state index contributed by atoms with van der Waals surface area (Å²) in [5.41, 5.74) is 5.91. The lowest BCUT2D eigenvalue weighted by atomic mass is 9.90. The average Bonchev–Trinajstić information content (AvgIpc) is 2.52. The summed E-state index contributed by atoms with van der Waals surface area (Å²) < 4.78 is 10.8. The lowest BCUT2D eigenvalue weighted by Crippen LogP contribution is -2.57. The largest absolute Gasteiger partial charge is 0.492 e. The van der Waals surface area contributed by atoms with Crippen LogP contribution in [0.15, 0.2) is 24.3 Å². The Labute approximate surface area is 147 Å². The number of halogens is 1. The molecule has 1 aliphatic rings. The number of carbonyl (C=O) groups is 2. The Bertz CT molecular complexity index is 562. The molecule has 7 nitrogen and oxygen atoms in total. The molecule has 24 heavy (non-hydrogen) atoms. The van der Waals surface area contributed by atoms with Gasteiger partial charge in [-0.05, 0) is 25.0 Å². The van der Waals surface area contributed by atoms with Crippen LogP contribution in [-0.4, -0.2) is 43.7 Å². The summed E-state index contributed by atoms with van der Waals surface area (Å²) in [6.07, 6.45) is 1.05. The van der Waals surface area contributed by atoms with Crippen LogP contribution in [0.1, 0.15) is 19.8 Å². The molecule has 0 saturated carbocycles. The van der Waals surface area contributed by atoms with Crippen molar-refractivity contribution in [1.82, 2.24) is 5.32 Å². The number of hydrogen-bond acceptors (Lipinski definition) is 5. The molecule has 1 aromatic carbocycles. The van der Waals surface area contributed by atoms with Gasteiger partial charge in [-0.1, -0.05) is 6.07 Å². The fourth-order valence-electron chi connectivity index (χ4n) is 2.34. The molecule has 0 unspecified atom stereocenters. The summed E-state index contributed by atoms with van der Waals surface area (Å²) >= 11 is 0. The van der Waals surface area contributed by atoms with E-state index in [-0.39, 0.29) is 24.2 Å². The third-order valence-corrected chi connectivity index (χ3v) is 3.65. The predicted octanol–water partition coefficient (Wildman–Crippen LogP) is 1.07. The maximum absolute atomic E-state index is 12.1. The molecule has 1 aliphatic heterocycles. The summed E-state index contributed by atoms with van der Waals surface area (Å²) in [7, 11) is 0. The average molecular weight is 358 g/mol. The van der Waals surface area contributed by atoms with E-state index in [0.29, 0.717) is 50.6 Å². The first-order valence-corrected chi connectivity index (χ1v) is 7.65. The van der Waals surface area contributed by atoms with Gasteiger partial charge in [-0.3, -0.25) is 9.59 Å². The van der Waals surface area contributed by atoms with Crippen molar-refractivity contribution in [1.29, 1.82) is 0 Å². The quantitative estimate of drug-likeness (QED) is 0.661. The van der Waals surface area contributed by atoms with Gasteiger partial charge >= 0.3 is 0 Å². The van der Waals surface area contributed by atoms with E-state index in [0.717, 1.165) is 0 Å². The van der Waals surface area contributed by atoms with E-state index < -0.39 is 5.54 Å². The van der Waals surface area contributed by atoms with Crippen LogP contribution < -0.4 is 21.1 Å². The zero-order chi connectivity index (χ0) is 16.7. The molecule has 2 amide bonds. The number of rotatable bonds is 6. The van der Waals surface area contributed by atoms with Gasteiger partial charge in [0.1, 0.15) is 12.4 Å². The Morgan fingerprint density at radius 2 is 2.04 bits per heavy atom. The van der Waals surface area contributed by atoms with Gasteiger partial charge < -0.3 is 25.8 Å². The van der Waals surface area contributed by atoms with Crippen molar-refractivity contribution in [3.8, 4) is 5.75 Å². The van der Waals surface area contributed by atoms with E-state index in [9.17, 15) is 9.59 Å². The molecule has 0 aromatic heterocycles. The van der Waals surface area contributed by atoms with E-state index in [1.165, 1.54) is 6.92 Å². The molecule has 1 aromatic rings. The Morgan fingerprint density at radius 3 is 2.71 bits per heavy atom. The van der Waals surface area contributed by atoms with Gasteiger partial charge in [0.25, 0.3) is 0 Å². The van der Waals surface area contributed by atoms with E-state index >= 15 is 0 Å². The summed E-state index contributed by atoms with van der Waals surface area (Å²) in [6, 6.07) is 7.08. The normalized spacial score (nSPS) is 15.8. The van der Waals surface area contributed by atoms with Crippen molar-refractivity contribution in [2.75, 3.05) is 31.7 Å². The van der Waals surface area contributed by atoms with Crippen molar-refractivity contribution in [2.24, 2.45) is 5.73 Å². The molecular weight excluding hydrogens is 334 g/mol. The van der Waals surface area contributed by atoms with Gasteiger partial charge in [-0.25, -0.2) is 0 Å². The molecule has 2 rings (SSSR count). The Kier molecular flexibility index (Phi) is 7.97. The molecule has 1 fully saturated rings. The highest BCUT2D eigenvalue weighted by molar-refractivity contribution is 5.88. The third-order valence-electron chi connectivity index (χ3n) is 3.65. The van der Waals surface area contributed by atoms with Gasteiger partial charge in [0.05, 0.1) is 12.1 Å². The van der Waals surface area contributed by atoms with Crippen molar-refractivity contribution in [3.63, 3.8) is 0 Å². The molecule has 1 heterocycles. The van der Waals surface area contributed by atoms with Crippen LogP contribution in [0.2, 0.25) is 0 Å². The first-order chi connectivity index (χ1) is 11.0. The second kappa shape index (κ2) is 9.46. The molecule has 4 N–H and O–H groups in total. The highest BCUT2D eigenvalue weighted by Crippen LogP contribution is 2.18.